The maximum Gasteiger partial charge on any atom is 0.230 e. The number of benzene rings is 1. The van der Waals surface area contributed by atoms with Crippen LogP contribution in [0, 0.1) is 0 Å². The molecule has 6 heteroatoms. The van der Waals surface area contributed by atoms with Crippen molar-refractivity contribution in [1.82, 2.24) is 15.0 Å². The summed E-state index contributed by atoms with van der Waals surface area (Å²) in [6, 6.07) is 8.49. The molecule has 0 aliphatic carbocycles. The van der Waals surface area contributed by atoms with Gasteiger partial charge < -0.3 is 4.90 Å². The molecule has 4 nitrogen and oxygen atoms in total. The van der Waals surface area contributed by atoms with Crippen LogP contribution in [-0.2, 0) is 12.8 Å². The van der Waals surface area contributed by atoms with Gasteiger partial charge in [0.25, 0.3) is 0 Å². The van der Waals surface area contributed by atoms with Gasteiger partial charge in [-0.05, 0) is 47.2 Å². The Morgan fingerprint density at radius 1 is 0.842 bits per heavy atom. The van der Waals surface area contributed by atoms with Crippen LogP contribution in [0.2, 0.25) is 10.6 Å². The molecule has 2 aromatic rings. The molecule has 0 radical (unpaired) electrons. The molecule has 0 N–H and O–H groups in total. The fraction of sp³-hybridized carbons (Fsp3) is 0.308. The van der Waals surface area contributed by atoms with E-state index in [1.807, 2.05) is 0 Å². The topological polar surface area (TPSA) is 41.9 Å². The van der Waals surface area contributed by atoms with Crippen LogP contribution in [0.4, 0.5) is 5.95 Å². The van der Waals surface area contributed by atoms with E-state index in [-0.39, 0.29) is 10.6 Å². The number of hydrogen-bond donors (Lipinski definition) is 0. The highest BCUT2D eigenvalue weighted by molar-refractivity contribution is 6.31. The van der Waals surface area contributed by atoms with Gasteiger partial charge in [0.05, 0.1) is 0 Å². The summed E-state index contributed by atoms with van der Waals surface area (Å²) in [6.07, 6.45) is 1.94. The molecule has 0 amide bonds. The lowest BCUT2D eigenvalue weighted by atomic mass is 10.0. The molecular weight excluding hydrogens is 283 g/mol. The molecule has 0 spiro atoms. The Labute approximate surface area is 121 Å². The Balaban J connectivity index is 1.85. The van der Waals surface area contributed by atoms with E-state index in [4.69, 9.17) is 23.2 Å². The first-order valence-corrected chi connectivity index (χ1v) is 6.87. The monoisotopic (exact) mass is 294 g/mol. The van der Waals surface area contributed by atoms with Crippen molar-refractivity contribution >= 4 is 29.2 Å². The minimum Gasteiger partial charge on any atom is -0.340 e. The molecule has 1 aliphatic rings. The Hall–Kier alpha value is -1.39. The van der Waals surface area contributed by atoms with Gasteiger partial charge in [-0.25, -0.2) is 0 Å². The van der Waals surface area contributed by atoms with Gasteiger partial charge in [0.15, 0.2) is 0 Å². The Morgan fingerprint density at radius 2 is 1.37 bits per heavy atom. The molecule has 0 saturated heterocycles. The van der Waals surface area contributed by atoms with Crippen LogP contribution in [-0.4, -0.2) is 28.0 Å². The van der Waals surface area contributed by atoms with E-state index in [0.29, 0.717) is 5.95 Å². The zero-order chi connectivity index (χ0) is 13.2. The Morgan fingerprint density at radius 3 is 1.89 bits per heavy atom. The van der Waals surface area contributed by atoms with E-state index in [0.717, 1.165) is 25.9 Å². The summed E-state index contributed by atoms with van der Waals surface area (Å²) in [5, 5.41) is 0.272. The number of fused-ring (bicyclic) bond motifs is 1. The summed E-state index contributed by atoms with van der Waals surface area (Å²) in [5.41, 5.74) is 2.77. The lowest BCUT2D eigenvalue weighted by Gasteiger charge is -2.19. The average molecular weight is 295 g/mol. The number of halogens is 2. The van der Waals surface area contributed by atoms with Crippen LogP contribution in [0.3, 0.4) is 0 Å². The number of aromatic nitrogens is 3. The highest BCUT2D eigenvalue weighted by Crippen LogP contribution is 2.20. The van der Waals surface area contributed by atoms with Crippen molar-refractivity contribution in [2.24, 2.45) is 0 Å². The summed E-state index contributed by atoms with van der Waals surface area (Å²) in [4.78, 5) is 14.2. The molecule has 3 rings (SSSR count). The van der Waals surface area contributed by atoms with Crippen LogP contribution in [0.25, 0.3) is 0 Å². The summed E-state index contributed by atoms with van der Waals surface area (Å²) >= 11 is 11.7. The molecule has 0 atom stereocenters. The van der Waals surface area contributed by atoms with Gasteiger partial charge in [-0.2, -0.15) is 15.0 Å². The molecule has 98 valence electrons. The van der Waals surface area contributed by atoms with Crippen molar-refractivity contribution < 1.29 is 0 Å². The molecule has 2 heterocycles. The minimum atomic E-state index is 0.136. The quantitative estimate of drug-likeness (QED) is 0.811. The lowest BCUT2D eigenvalue weighted by Crippen LogP contribution is -2.28. The van der Waals surface area contributed by atoms with Crippen molar-refractivity contribution in [3.8, 4) is 0 Å². The third-order valence-corrected chi connectivity index (χ3v) is 3.61. The van der Waals surface area contributed by atoms with Crippen molar-refractivity contribution in [2.45, 2.75) is 12.8 Å². The van der Waals surface area contributed by atoms with Crippen LogP contribution >= 0.6 is 23.2 Å². The van der Waals surface area contributed by atoms with Crippen LogP contribution < -0.4 is 4.90 Å². The molecule has 0 bridgehead atoms. The van der Waals surface area contributed by atoms with E-state index in [9.17, 15) is 0 Å². The van der Waals surface area contributed by atoms with Crippen LogP contribution in [0.1, 0.15) is 11.1 Å². The zero-order valence-electron chi connectivity index (χ0n) is 10.2. The summed E-state index contributed by atoms with van der Waals surface area (Å²) < 4.78 is 0. The second-order valence-electron chi connectivity index (χ2n) is 4.43. The molecule has 19 heavy (non-hydrogen) atoms. The third-order valence-electron chi connectivity index (χ3n) is 3.27. The first-order chi connectivity index (χ1) is 9.22. The van der Waals surface area contributed by atoms with E-state index in [1.165, 1.54) is 11.1 Å². The standard InChI is InChI=1S/C13H12Cl2N4/c14-11-16-12(15)18-13(17-11)19-7-5-9-3-1-2-4-10(9)6-8-19/h1-4H,5-8H2. The molecule has 0 fully saturated rings. The predicted molar refractivity (Wildman–Crippen MR) is 75.9 cm³/mol. The average Bonchev–Trinajstić information content (AvgIpc) is 2.60. The van der Waals surface area contributed by atoms with Gasteiger partial charge in [-0.15, -0.1) is 0 Å². The SMILES string of the molecule is Clc1nc(Cl)nc(N2CCc3ccccc3CC2)n1. The van der Waals surface area contributed by atoms with Gasteiger partial charge in [0.2, 0.25) is 16.5 Å². The van der Waals surface area contributed by atoms with E-state index < -0.39 is 0 Å². The summed E-state index contributed by atoms with van der Waals surface area (Å²) in [7, 11) is 0. The normalized spacial score (nSPS) is 14.9. The van der Waals surface area contributed by atoms with Crippen molar-refractivity contribution in [3.63, 3.8) is 0 Å². The smallest absolute Gasteiger partial charge is 0.230 e. The highest BCUT2D eigenvalue weighted by Gasteiger charge is 2.17. The predicted octanol–water partition coefficient (Wildman–Crippen LogP) is 2.78. The zero-order valence-corrected chi connectivity index (χ0v) is 11.7. The first-order valence-electron chi connectivity index (χ1n) is 6.11. The van der Waals surface area contributed by atoms with E-state index >= 15 is 0 Å². The second-order valence-corrected chi connectivity index (χ2v) is 5.11. The van der Waals surface area contributed by atoms with E-state index in [1.54, 1.807) is 0 Å². The van der Waals surface area contributed by atoms with Gasteiger partial charge >= 0.3 is 0 Å². The Bertz CT molecular complexity index is 556. The largest absolute Gasteiger partial charge is 0.340 e. The fourth-order valence-corrected chi connectivity index (χ4v) is 2.68. The summed E-state index contributed by atoms with van der Waals surface area (Å²) in [5.74, 6) is 0.554. The van der Waals surface area contributed by atoms with Crippen molar-refractivity contribution in [2.75, 3.05) is 18.0 Å². The molecule has 1 aromatic carbocycles. The Kier molecular flexibility index (Phi) is 3.53. The van der Waals surface area contributed by atoms with Crippen LogP contribution in [0.15, 0.2) is 24.3 Å². The second kappa shape index (κ2) is 5.31. The maximum absolute atomic E-state index is 5.83. The van der Waals surface area contributed by atoms with Gasteiger partial charge in [-0.1, -0.05) is 24.3 Å². The molecule has 1 aromatic heterocycles. The van der Waals surface area contributed by atoms with Crippen molar-refractivity contribution in [3.05, 3.63) is 46.0 Å². The highest BCUT2D eigenvalue weighted by atomic mass is 35.5. The van der Waals surface area contributed by atoms with Gasteiger partial charge in [0.1, 0.15) is 0 Å². The van der Waals surface area contributed by atoms with Gasteiger partial charge in [0, 0.05) is 13.1 Å². The van der Waals surface area contributed by atoms with E-state index in [2.05, 4.69) is 44.1 Å². The molecule has 1 aliphatic heterocycles. The number of anilines is 1. The number of hydrogen-bond acceptors (Lipinski definition) is 4. The number of rotatable bonds is 1. The maximum atomic E-state index is 5.83. The summed E-state index contributed by atoms with van der Waals surface area (Å²) in [6.45, 7) is 1.71. The lowest BCUT2D eigenvalue weighted by molar-refractivity contribution is 0.766. The first kappa shape index (κ1) is 12.6. The van der Waals surface area contributed by atoms with Crippen LogP contribution in [0.5, 0.6) is 0 Å². The molecular formula is C13H12Cl2N4. The molecule has 0 saturated carbocycles. The minimum absolute atomic E-state index is 0.136. The third kappa shape index (κ3) is 2.80. The molecule has 0 unspecified atom stereocenters. The fourth-order valence-electron chi connectivity index (χ4n) is 2.33. The number of nitrogens with zero attached hydrogens (tertiary/aromatic N) is 4. The van der Waals surface area contributed by atoms with Gasteiger partial charge in [-0.3, -0.25) is 0 Å². The van der Waals surface area contributed by atoms with Crippen molar-refractivity contribution in [1.29, 1.82) is 0 Å².